The number of ether oxygens (including phenoxy) is 1. The molecule has 0 saturated heterocycles. The van der Waals surface area contributed by atoms with E-state index in [1.807, 2.05) is 44.2 Å². The van der Waals surface area contributed by atoms with Crippen LogP contribution in [-0.4, -0.2) is 23.7 Å². The van der Waals surface area contributed by atoms with Crippen LogP contribution in [0.4, 0.5) is 4.79 Å². The van der Waals surface area contributed by atoms with Crippen LogP contribution in [0.25, 0.3) is 0 Å². The van der Waals surface area contributed by atoms with Crippen LogP contribution in [0, 0.1) is 5.92 Å². The van der Waals surface area contributed by atoms with E-state index in [0.717, 1.165) is 12.0 Å². The molecule has 0 aliphatic rings. The van der Waals surface area contributed by atoms with Gasteiger partial charge in [0, 0.05) is 0 Å². The number of Topliss-reactive ketones (excluding diaryl/α,β-unsaturated/α-hetero) is 1. The number of benzene rings is 1. The second-order valence-electron chi connectivity index (χ2n) is 4.69. The average Bonchev–Trinajstić information content (AvgIpc) is 2.50. The predicted octanol–water partition coefficient (Wildman–Crippen LogP) is 2.83. The first-order valence-corrected chi connectivity index (χ1v) is 7.32. The van der Waals surface area contributed by atoms with Gasteiger partial charge in [-0.25, -0.2) is 4.79 Å². The van der Waals surface area contributed by atoms with Crippen molar-refractivity contribution in [3.05, 3.63) is 35.9 Å². The van der Waals surface area contributed by atoms with Crippen molar-refractivity contribution in [3.63, 3.8) is 0 Å². The van der Waals surface area contributed by atoms with E-state index in [0.29, 0.717) is 0 Å². The van der Waals surface area contributed by atoms with Crippen molar-refractivity contribution in [3.8, 4) is 0 Å². The van der Waals surface area contributed by atoms with Crippen LogP contribution in [-0.2, 0) is 16.1 Å². The minimum absolute atomic E-state index is 0.0546. The summed E-state index contributed by atoms with van der Waals surface area (Å²) in [5.41, 5.74) is 0.906. The van der Waals surface area contributed by atoms with E-state index in [1.165, 1.54) is 0 Å². The summed E-state index contributed by atoms with van der Waals surface area (Å²) in [5, 5.41) is 2.63. The van der Waals surface area contributed by atoms with Gasteiger partial charge in [-0.05, 0) is 11.5 Å². The lowest BCUT2D eigenvalue weighted by Crippen LogP contribution is -2.45. The van der Waals surface area contributed by atoms with Crippen molar-refractivity contribution < 1.29 is 14.3 Å². The Labute approximate surface area is 125 Å². The van der Waals surface area contributed by atoms with Gasteiger partial charge in [-0.3, -0.25) is 4.79 Å². The number of carbonyl (C=O) groups excluding carboxylic acids is 2. The Bertz CT molecular complexity index is 436. The topological polar surface area (TPSA) is 55.4 Å². The lowest BCUT2D eigenvalue weighted by atomic mass is 9.96. The lowest BCUT2D eigenvalue weighted by Gasteiger charge is -2.22. The zero-order valence-electron chi connectivity index (χ0n) is 11.8. The number of hydrogen-bond acceptors (Lipinski definition) is 4. The Balaban J connectivity index is 2.51. The highest BCUT2D eigenvalue weighted by molar-refractivity contribution is 7.81. The van der Waals surface area contributed by atoms with Gasteiger partial charge in [-0.1, -0.05) is 50.6 Å². The lowest BCUT2D eigenvalue weighted by molar-refractivity contribution is -0.119. The third-order valence-corrected chi connectivity index (χ3v) is 3.51. The summed E-state index contributed by atoms with van der Waals surface area (Å²) in [5.74, 6) is 0.0619. The van der Waals surface area contributed by atoms with Crippen LogP contribution < -0.4 is 5.32 Å². The van der Waals surface area contributed by atoms with Crippen molar-refractivity contribution in [2.75, 3.05) is 5.75 Å². The Morgan fingerprint density at radius 2 is 1.95 bits per heavy atom. The molecule has 0 heterocycles. The van der Waals surface area contributed by atoms with Crippen molar-refractivity contribution in [1.82, 2.24) is 5.32 Å². The second kappa shape index (κ2) is 8.64. The smallest absolute Gasteiger partial charge is 0.408 e. The van der Waals surface area contributed by atoms with E-state index in [9.17, 15) is 9.59 Å². The van der Waals surface area contributed by atoms with Gasteiger partial charge in [-0.15, -0.1) is 0 Å². The number of nitrogens with one attached hydrogen (secondary N) is 1. The maximum atomic E-state index is 11.8. The molecule has 0 radical (unpaired) electrons. The molecule has 1 amide bonds. The van der Waals surface area contributed by atoms with Gasteiger partial charge < -0.3 is 10.1 Å². The Morgan fingerprint density at radius 3 is 2.50 bits per heavy atom. The highest BCUT2D eigenvalue weighted by atomic mass is 32.1. The molecule has 2 atom stereocenters. The molecule has 0 aliphatic heterocycles. The summed E-state index contributed by atoms with van der Waals surface area (Å²) in [6.07, 6.45) is 0.220. The third-order valence-electron chi connectivity index (χ3n) is 3.20. The molecule has 0 spiro atoms. The molecular weight excluding hydrogens is 274 g/mol. The van der Waals surface area contributed by atoms with Gasteiger partial charge in [0.05, 0.1) is 11.8 Å². The molecule has 110 valence electrons. The molecule has 1 aromatic carbocycles. The standard InChI is InChI=1S/C15H21NO3S/c1-3-11(2)14(13(17)10-20)16-15(18)19-9-12-7-5-4-6-8-12/h4-8,11,14,20H,3,9-10H2,1-2H3,(H,16,18)/t11-,14-/m0/s1. The van der Waals surface area contributed by atoms with E-state index in [4.69, 9.17) is 4.74 Å². The van der Waals surface area contributed by atoms with Crippen LogP contribution in [0.15, 0.2) is 30.3 Å². The zero-order valence-corrected chi connectivity index (χ0v) is 12.7. The van der Waals surface area contributed by atoms with Gasteiger partial charge in [-0.2, -0.15) is 12.6 Å². The fourth-order valence-corrected chi connectivity index (χ4v) is 1.96. The highest BCUT2D eigenvalue weighted by Gasteiger charge is 2.25. The van der Waals surface area contributed by atoms with Crippen molar-refractivity contribution >= 4 is 24.5 Å². The van der Waals surface area contributed by atoms with Gasteiger partial charge in [0.1, 0.15) is 6.61 Å². The maximum Gasteiger partial charge on any atom is 0.408 e. The van der Waals surface area contributed by atoms with Gasteiger partial charge >= 0.3 is 6.09 Å². The summed E-state index contributed by atoms with van der Waals surface area (Å²) < 4.78 is 5.12. The normalized spacial score (nSPS) is 13.3. The molecule has 4 nitrogen and oxygen atoms in total. The summed E-state index contributed by atoms with van der Waals surface area (Å²) >= 11 is 3.98. The molecule has 0 aliphatic carbocycles. The minimum Gasteiger partial charge on any atom is -0.445 e. The quantitative estimate of drug-likeness (QED) is 0.761. The van der Waals surface area contributed by atoms with Crippen LogP contribution in [0.2, 0.25) is 0 Å². The van der Waals surface area contributed by atoms with Crippen LogP contribution in [0.5, 0.6) is 0 Å². The number of amides is 1. The summed E-state index contributed by atoms with van der Waals surface area (Å²) in [6, 6.07) is 8.86. The molecule has 0 bridgehead atoms. The molecular formula is C15H21NO3S. The number of rotatable bonds is 7. The van der Waals surface area contributed by atoms with Crippen molar-refractivity contribution in [2.24, 2.45) is 5.92 Å². The SMILES string of the molecule is CC[C@H](C)[C@H](NC(=O)OCc1ccccc1)C(=O)CS. The molecule has 1 aromatic rings. The second-order valence-corrected chi connectivity index (χ2v) is 5.01. The first-order chi connectivity index (χ1) is 9.58. The van der Waals surface area contributed by atoms with Gasteiger partial charge in [0.2, 0.25) is 0 Å². The van der Waals surface area contributed by atoms with E-state index in [-0.39, 0.29) is 24.1 Å². The van der Waals surface area contributed by atoms with Crippen LogP contribution >= 0.6 is 12.6 Å². The van der Waals surface area contributed by atoms with E-state index >= 15 is 0 Å². The molecule has 1 rings (SSSR count). The van der Waals surface area contributed by atoms with Crippen LogP contribution in [0.3, 0.4) is 0 Å². The predicted molar refractivity (Wildman–Crippen MR) is 81.9 cm³/mol. The van der Waals surface area contributed by atoms with Gasteiger partial charge in [0.15, 0.2) is 5.78 Å². The Kier molecular flexibility index (Phi) is 7.15. The first kappa shape index (κ1) is 16.6. The Morgan fingerprint density at radius 1 is 1.30 bits per heavy atom. The van der Waals surface area contributed by atoms with Crippen molar-refractivity contribution in [2.45, 2.75) is 32.9 Å². The third kappa shape index (κ3) is 5.25. The fraction of sp³-hybridized carbons (Fsp3) is 0.467. The Hall–Kier alpha value is -1.49. The number of carbonyl (C=O) groups is 2. The molecule has 1 N–H and O–H groups in total. The number of thiol groups is 1. The minimum atomic E-state index is -0.575. The highest BCUT2D eigenvalue weighted by Crippen LogP contribution is 2.10. The molecule has 5 heteroatoms. The fourth-order valence-electron chi connectivity index (χ4n) is 1.77. The number of alkyl carbamates (subject to hydrolysis) is 1. The molecule has 0 aromatic heterocycles. The van der Waals surface area contributed by atoms with Crippen molar-refractivity contribution in [1.29, 1.82) is 0 Å². The van der Waals surface area contributed by atoms with E-state index < -0.39 is 12.1 Å². The van der Waals surface area contributed by atoms with Crippen LogP contribution in [0.1, 0.15) is 25.8 Å². The molecule has 0 unspecified atom stereocenters. The first-order valence-electron chi connectivity index (χ1n) is 6.69. The monoisotopic (exact) mass is 295 g/mol. The molecule has 0 saturated carbocycles. The summed E-state index contributed by atoms with van der Waals surface area (Å²) in [6.45, 7) is 4.08. The number of hydrogen-bond donors (Lipinski definition) is 2. The zero-order chi connectivity index (χ0) is 15.0. The average molecular weight is 295 g/mol. The van der Waals surface area contributed by atoms with E-state index in [1.54, 1.807) is 0 Å². The largest absolute Gasteiger partial charge is 0.445 e. The summed E-state index contributed by atoms with van der Waals surface area (Å²) in [7, 11) is 0. The molecule has 20 heavy (non-hydrogen) atoms. The van der Waals surface area contributed by atoms with Gasteiger partial charge in [0.25, 0.3) is 0 Å². The van der Waals surface area contributed by atoms with E-state index in [2.05, 4.69) is 17.9 Å². The maximum absolute atomic E-state index is 11.8. The molecule has 0 fully saturated rings. The number of ketones is 1. The summed E-state index contributed by atoms with van der Waals surface area (Å²) in [4.78, 5) is 23.5.